The first-order valence-corrected chi connectivity index (χ1v) is 9.86. The Kier molecular flexibility index (Phi) is 5.79. The number of aromatic nitrogens is 2. The van der Waals surface area contributed by atoms with Gasteiger partial charge in [-0.15, -0.1) is 0 Å². The van der Waals surface area contributed by atoms with E-state index in [1.54, 1.807) is 14.2 Å². The highest BCUT2D eigenvalue weighted by molar-refractivity contribution is 5.47. The number of rotatable bonds is 7. The Morgan fingerprint density at radius 3 is 2.66 bits per heavy atom. The normalized spacial score (nSPS) is 13.0. The minimum Gasteiger partial charge on any atom is -0.493 e. The van der Waals surface area contributed by atoms with Crippen molar-refractivity contribution in [2.45, 2.75) is 19.4 Å². The summed E-state index contributed by atoms with van der Waals surface area (Å²) in [5.74, 6) is 3.10. The molecular formula is C23H26N4O2. The molecule has 2 heterocycles. The fourth-order valence-electron chi connectivity index (χ4n) is 3.66. The average molecular weight is 390 g/mol. The molecule has 4 rings (SSSR count). The fraction of sp³-hybridized carbons (Fsp3) is 0.304. The van der Waals surface area contributed by atoms with Crippen molar-refractivity contribution in [3.05, 3.63) is 71.4 Å². The fourth-order valence-corrected chi connectivity index (χ4v) is 3.66. The molecule has 29 heavy (non-hydrogen) atoms. The van der Waals surface area contributed by atoms with Gasteiger partial charge < -0.3 is 19.7 Å². The second-order valence-corrected chi connectivity index (χ2v) is 7.04. The van der Waals surface area contributed by atoms with Crippen LogP contribution in [-0.2, 0) is 19.4 Å². The van der Waals surface area contributed by atoms with Crippen LogP contribution in [0.1, 0.15) is 16.7 Å². The molecule has 6 nitrogen and oxygen atoms in total. The maximum absolute atomic E-state index is 5.37. The van der Waals surface area contributed by atoms with Crippen molar-refractivity contribution in [2.75, 3.05) is 37.5 Å². The Hall–Kier alpha value is -3.28. The van der Waals surface area contributed by atoms with E-state index in [9.17, 15) is 0 Å². The van der Waals surface area contributed by atoms with E-state index in [-0.39, 0.29) is 0 Å². The van der Waals surface area contributed by atoms with Crippen molar-refractivity contribution in [1.29, 1.82) is 0 Å². The van der Waals surface area contributed by atoms with Crippen LogP contribution in [0.15, 0.2) is 54.7 Å². The van der Waals surface area contributed by atoms with Crippen molar-refractivity contribution < 1.29 is 9.47 Å². The van der Waals surface area contributed by atoms with Gasteiger partial charge in [0, 0.05) is 25.8 Å². The van der Waals surface area contributed by atoms with Crippen molar-refractivity contribution >= 4 is 11.8 Å². The van der Waals surface area contributed by atoms with Gasteiger partial charge in [0.2, 0.25) is 5.95 Å². The van der Waals surface area contributed by atoms with Crippen molar-refractivity contribution in [2.24, 2.45) is 0 Å². The molecule has 1 aliphatic rings. The molecule has 2 aromatic carbocycles. The summed E-state index contributed by atoms with van der Waals surface area (Å²) in [7, 11) is 3.29. The minimum atomic E-state index is 0.654. The minimum absolute atomic E-state index is 0.654. The molecule has 0 bridgehead atoms. The largest absolute Gasteiger partial charge is 0.493 e. The van der Waals surface area contributed by atoms with Crippen molar-refractivity contribution in [3.8, 4) is 11.5 Å². The summed E-state index contributed by atoms with van der Waals surface area (Å²) in [6.07, 6.45) is 3.70. The van der Waals surface area contributed by atoms with E-state index < -0.39 is 0 Å². The molecule has 1 aliphatic heterocycles. The highest BCUT2D eigenvalue weighted by Gasteiger charge is 2.17. The number of hydrogen-bond donors (Lipinski definition) is 1. The van der Waals surface area contributed by atoms with Gasteiger partial charge in [-0.25, -0.2) is 4.98 Å². The molecule has 0 spiro atoms. The Morgan fingerprint density at radius 2 is 1.83 bits per heavy atom. The molecule has 1 aromatic heterocycles. The van der Waals surface area contributed by atoms with Gasteiger partial charge in [-0.3, -0.25) is 0 Å². The average Bonchev–Trinajstić information content (AvgIpc) is 2.79. The van der Waals surface area contributed by atoms with Crippen LogP contribution in [0.2, 0.25) is 0 Å². The van der Waals surface area contributed by atoms with E-state index in [0.717, 1.165) is 49.8 Å². The van der Waals surface area contributed by atoms with Gasteiger partial charge in [0.25, 0.3) is 0 Å². The molecule has 150 valence electrons. The summed E-state index contributed by atoms with van der Waals surface area (Å²) >= 11 is 0. The zero-order valence-electron chi connectivity index (χ0n) is 16.9. The van der Waals surface area contributed by atoms with E-state index >= 15 is 0 Å². The van der Waals surface area contributed by atoms with Crippen molar-refractivity contribution in [1.82, 2.24) is 9.97 Å². The lowest BCUT2D eigenvalue weighted by Crippen LogP contribution is -2.31. The molecule has 0 radical (unpaired) electrons. The number of benzene rings is 2. The maximum Gasteiger partial charge on any atom is 0.224 e. The third-order valence-corrected chi connectivity index (χ3v) is 5.24. The highest BCUT2D eigenvalue weighted by Crippen LogP contribution is 2.28. The van der Waals surface area contributed by atoms with Gasteiger partial charge >= 0.3 is 0 Å². The monoisotopic (exact) mass is 390 g/mol. The van der Waals surface area contributed by atoms with Gasteiger partial charge in [-0.05, 0) is 47.7 Å². The lowest BCUT2D eigenvalue weighted by molar-refractivity contribution is 0.354. The lowest BCUT2D eigenvalue weighted by atomic mass is 10.00. The van der Waals surface area contributed by atoms with Gasteiger partial charge in [0.05, 0.1) is 14.2 Å². The second kappa shape index (κ2) is 8.82. The van der Waals surface area contributed by atoms with Crippen molar-refractivity contribution in [3.63, 3.8) is 0 Å². The zero-order chi connectivity index (χ0) is 20.1. The van der Waals surface area contributed by atoms with E-state index in [0.29, 0.717) is 5.95 Å². The standard InChI is InChI=1S/C23H26N4O2/c1-28-20-8-7-17(15-21(20)29-2)9-12-24-23-25-13-10-22(26-23)27-14-11-18-5-3-4-6-19(18)16-27/h3-8,10,13,15H,9,11-12,14,16H2,1-2H3,(H,24,25,26). The van der Waals surface area contributed by atoms with Crippen LogP contribution < -0.4 is 19.7 Å². The Balaban J connectivity index is 1.37. The molecule has 0 aliphatic carbocycles. The molecule has 0 amide bonds. The summed E-state index contributed by atoms with van der Waals surface area (Å²) in [5.41, 5.74) is 3.98. The van der Waals surface area contributed by atoms with Crippen LogP contribution in [0.4, 0.5) is 11.8 Å². The predicted octanol–water partition coefficient (Wildman–Crippen LogP) is 3.71. The van der Waals surface area contributed by atoms with E-state index in [2.05, 4.69) is 39.5 Å². The lowest BCUT2D eigenvalue weighted by Gasteiger charge is -2.29. The molecule has 0 atom stereocenters. The first-order chi connectivity index (χ1) is 14.3. The second-order valence-electron chi connectivity index (χ2n) is 7.04. The van der Waals surface area contributed by atoms with Crippen LogP contribution in [0.5, 0.6) is 11.5 Å². The van der Waals surface area contributed by atoms with Crippen LogP contribution in [0, 0.1) is 0 Å². The zero-order valence-corrected chi connectivity index (χ0v) is 16.9. The SMILES string of the molecule is COc1ccc(CCNc2nccc(N3CCc4ccccc4C3)n2)cc1OC. The number of nitrogens with zero attached hydrogens (tertiary/aromatic N) is 3. The van der Waals surface area contributed by atoms with E-state index in [1.165, 1.54) is 16.7 Å². The Labute approximate surface area is 171 Å². The maximum atomic E-state index is 5.37. The number of ether oxygens (including phenoxy) is 2. The summed E-state index contributed by atoms with van der Waals surface area (Å²) in [4.78, 5) is 11.4. The summed E-state index contributed by atoms with van der Waals surface area (Å²) < 4.78 is 10.7. The summed E-state index contributed by atoms with van der Waals surface area (Å²) in [6.45, 7) is 2.60. The Morgan fingerprint density at radius 1 is 1.00 bits per heavy atom. The van der Waals surface area contributed by atoms with Gasteiger partial charge in [0.15, 0.2) is 11.5 Å². The van der Waals surface area contributed by atoms with Crippen LogP contribution in [-0.4, -0.2) is 37.3 Å². The molecule has 0 fully saturated rings. The summed E-state index contributed by atoms with van der Waals surface area (Å²) in [5, 5.41) is 3.34. The first-order valence-electron chi connectivity index (χ1n) is 9.86. The van der Waals surface area contributed by atoms with Crippen LogP contribution in [0.3, 0.4) is 0 Å². The van der Waals surface area contributed by atoms with Gasteiger partial charge in [-0.1, -0.05) is 30.3 Å². The number of hydrogen-bond acceptors (Lipinski definition) is 6. The number of methoxy groups -OCH3 is 2. The third-order valence-electron chi connectivity index (χ3n) is 5.24. The number of nitrogens with one attached hydrogen (secondary N) is 1. The molecule has 1 N–H and O–H groups in total. The van der Waals surface area contributed by atoms with Crippen LogP contribution in [0.25, 0.3) is 0 Å². The number of fused-ring (bicyclic) bond motifs is 1. The first kappa shape index (κ1) is 19.1. The predicted molar refractivity (Wildman–Crippen MR) is 115 cm³/mol. The quantitative estimate of drug-likeness (QED) is 0.664. The summed E-state index contributed by atoms with van der Waals surface area (Å²) in [6, 6.07) is 16.6. The van der Waals surface area contributed by atoms with Gasteiger partial charge in [0.1, 0.15) is 5.82 Å². The third kappa shape index (κ3) is 4.42. The topological polar surface area (TPSA) is 59.5 Å². The molecule has 0 unspecified atom stereocenters. The van der Waals surface area contributed by atoms with Gasteiger partial charge in [-0.2, -0.15) is 4.98 Å². The molecule has 0 saturated heterocycles. The molecular weight excluding hydrogens is 364 g/mol. The van der Waals surface area contributed by atoms with Crippen LogP contribution >= 0.6 is 0 Å². The molecule has 6 heteroatoms. The Bertz CT molecular complexity index is 977. The van der Waals surface area contributed by atoms with E-state index in [1.807, 2.05) is 30.5 Å². The van der Waals surface area contributed by atoms with E-state index in [4.69, 9.17) is 14.5 Å². The molecule has 3 aromatic rings. The smallest absolute Gasteiger partial charge is 0.224 e. The molecule has 0 saturated carbocycles. The number of anilines is 2. The highest BCUT2D eigenvalue weighted by atomic mass is 16.5.